The molecule has 21 heteroatoms. The summed E-state index contributed by atoms with van der Waals surface area (Å²) in [6.45, 7) is 2.99. The summed E-state index contributed by atoms with van der Waals surface area (Å²) in [5.41, 5.74) is 17.0. The van der Waals surface area contributed by atoms with E-state index in [9.17, 15) is 58.2 Å². The Morgan fingerprint density at radius 3 is 2.17 bits per heavy atom. The van der Waals surface area contributed by atoms with Crippen LogP contribution in [0.4, 0.5) is 0 Å². The summed E-state index contributed by atoms with van der Waals surface area (Å²) in [7, 11) is 0. The van der Waals surface area contributed by atoms with Crippen molar-refractivity contribution in [3.05, 3.63) is 35.9 Å². The molecule has 8 atom stereocenters. The van der Waals surface area contributed by atoms with Gasteiger partial charge < -0.3 is 54.0 Å². The van der Waals surface area contributed by atoms with Gasteiger partial charge >= 0.3 is 0 Å². The topological polar surface area (TPSA) is 362 Å². The third kappa shape index (κ3) is 21.1. The zero-order chi connectivity index (χ0) is 48.6. The van der Waals surface area contributed by atoms with E-state index in [2.05, 4.69) is 31.6 Å². The van der Waals surface area contributed by atoms with E-state index in [1.54, 1.807) is 30.3 Å². The number of guanidine groups is 1. The molecule has 0 unspecified atom stereocenters. The summed E-state index contributed by atoms with van der Waals surface area (Å²) in [4.78, 5) is 137. The van der Waals surface area contributed by atoms with E-state index in [1.165, 1.54) is 20.8 Å². The largest absolute Gasteiger partial charge is 0.393 e. The minimum Gasteiger partial charge on any atom is -0.393 e. The highest BCUT2D eigenvalue weighted by atomic mass is 16.3. The highest BCUT2D eigenvalue weighted by Crippen LogP contribution is 2.24. The van der Waals surface area contributed by atoms with E-state index in [-0.39, 0.29) is 84.2 Å². The van der Waals surface area contributed by atoms with E-state index < -0.39 is 133 Å². The van der Waals surface area contributed by atoms with Crippen LogP contribution in [0.5, 0.6) is 0 Å². The first-order valence-corrected chi connectivity index (χ1v) is 21.9. The standard InChI is InChI=1S/C44H67N9O12.H2/c1-25(54)32(26(2)55)22-37(59)29-19-38(60)33(27(3)56)21-31(58)24-50-41(63)36(18-28-10-5-4-6-11-28)53-43(65)35(13-9-17-49-44(46)47)52-42(64)34(12-7-8-16-48-40(62)20-29)51-39(61)15-14-30(57)23-45;/h4-6,10-11,25,27,29,32-36,54,56H,7-9,12-24,45H2,1-3H3,(H,48,62)(H,50,63)(H,51,61)(H,52,64)(H,53,65)(H4,46,47,49);1H/t25-,27-,29+,32+,33+,34+,35+,36+;/m1./s1/i;1+2. The number of aliphatic imine (C=N–C) groups is 1. The van der Waals surface area contributed by atoms with Crippen LogP contribution in [0.2, 0.25) is 0 Å². The maximum atomic E-state index is 14.0. The number of aliphatic hydroxyl groups excluding tert-OH is 2. The number of nitrogens with two attached hydrogens (primary N) is 3. The van der Waals surface area contributed by atoms with Gasteiger partial charge in [-0.3, -0.25) is 52.9 Å². The second-order valence-corrected chi connectivity index (χ2v) is 16.5. The van der Waals surface area contributed by atoms with Crippen molar-refractivity contribution in [3.63, 3.8) is 0 Å². The van der Waals surface area contributed by atoms with Gasteiger partial charge in [-0.1, -0.05) is 30.3 Å². The molecule has 0 bridgehead atoms. The van der Waals surface area contributed by atoms with Gasteiger partial charge in [0.05, 0.1) is 31.2 Å². The first-order chi connectivity index (χ1) is 30.7. The van der Waals surface area contributed by atoms with Gasteiger partial charge in [0.1, 0.15) is 41.3 Å². The van der Waals surface area contributed by atoms with Crippen LogP contribution in [0.15, 0.2) is 35.3 Å². The minimum atomic E-state index is -1.39. The van der Waals surface area contributed by atoms with E-state index in [0.29, 0.717) is 5.56 Å². The average molecular weight is 918 g/mol. The first kappa shape index (κ1) is 55.2. The molecule has 1 aromatic carbocycles. The van der Waals surface area contributed by atoms with Crippen molar-refractivity contribution < 1.29 is 59.6 Å². The Hall–Kier alpha value is -5.93. The van der Waals surface area contributed by atoms with Crippen molar-refractivity contribution in [2.75, 3.05) is 26.2 Å². The Morgan fingerprint density at radius 1 is 0.877 bits per heavy atom. The normalized spacial score (nSPS) is 22.7. The lowest BCUT2D eigenvalue weighted by atomic mass is 9.81. The van der Waals surface area contributed by atoms with Crippen molar-refractivity contribution in [2.24, 2.45) is 39.9 Å². The molecule has 0 saturated carbocycles. The van der Waals surface area contributed by atoms with E-state index in [4.69, 9.17) is 17.2 Å². The summed E-state index contributed by atoms with van der Waals surface area (Å²) < 4.78 is 0. The fraction of sp³-hybridized carbons (Fsp3) is 0.614. The molecule has 0 aromatic heterocycles. The lowest BCUT2D eigenvalue weighted by molar-refractivity contribution is -0.137. The smallest absolute Gasteiger partial charge is 0.243 e. The quantitative estimate of drug-likeness (QED) is 0.0467. The molecule has 1 aromatic rings. The Kier molecular flexibility index (Phi) is 24.4. The van der Waals surface area contributed by atoms with Gasteiger partial charge in [-0.2, -0.15) is 0 Å². The van der Waals surface area contributed by atoms with Crippen molar-refractivity contribution in [1.82, 2.24) is 26.6 Å². The molecule has 362 valence electrons. The van der Waals surface area contributed by atoms with Gasteiger partial charge in [-0.15, -0.1) is 0 Å². The van der Waals surface area contributed by atoms with Crippen LogP contribution in [-0.2, 0) is 54.4 Å². The molecule has 1 heterocycles. The van der Waals surface area contributed by atoms with Crippen LogP contribution >= 0.6 is 0 Å². The summed E-state index contributed by atoms with van der Waals surface area (Å²) in [5.74, 6) is -10.6. The number of hydrogen-bond acceptors (Lipinski definition) is 14. The molecular formula is C44H69N9O12. The fourth-order valence-corrected chi connectivity index (χ4v) is 7.17. The van der Waals surface area contributed by atoms with Gasteiger partial charge in [-0.05, 0) is 58.4 Å². The number of rotatable bonds is 17. The molecule has 1 aliphatic heterocycles. The number of ketones is 5. The van der Waals surface area contributed by atoms with Gasteiger partial charge in [0.2, 0.25) is 29.5 Å². The Morgan fingerprint density at radius 2 is 1.55 bits per heavy atom. The number of carbonyl (C=O) groups excluding carboxylic acids is 10. The second-order valence-electron chi connectivity index (χ2n) is 16.5. The van der Waals surface area contributed by atoms with Gasteiger partial charge in [-0.25, -0.2) is 0 Å². The second kappa shape index (κ2) is 28.8. The van der Waals surface area contributed by atoms with Crippen LogP contribution in [0, 0.1) is 17.8 Å². The zero-order valence-electron chi connectivity index (χ0n) is 37.5. The van der Waals surface area contributed by atoms with E-state index in [0.717, 1.165) is 0 Å². The predicted octanol–water partition coefficient (Wildman–Crippen LogP) is -1.83. The molecular weight excluding hydrogens is 847 g/mol. The highest BCUT2D eigenvalue weighted by molar-refractivity contribution is 5.98. The Bertz CT molecular complexity index is 1860. The van der Waals surface area contributed by atoms with Crippen molar-refractivity contribution in [2.45, 2.75) is 128 Å². The summed E-state index contributed by atoms with van der Waals surface area (Å²) in [6.07, 6.45) is -4.64. The maximum absolute atomic E-state index is 14.0. The lowest BCUT2D eigenvalue weighted by Crippen LogP contribution is -2.57. The molecule has 0 radical (unpaired) electrons. The molecule has 0 spiro atoms. The van der Waals surface area contributed by atoms with Crippen LogP contribution in [-0.4, -0.2) is 131 Å². The summed E-state index contributed by atoms with van der Waals surface area (Å²) >= 11 is 0. The number of aliphatic hydroxyl groups is 2. The van der Waals surface area contributed by atoms with Crippen LogP contribution in [0.3, 0.4) is 0 Å². The Balaban J connectivity index is 0.0000218. The molecule has 21 nitrogen and oxygen atoms in total. The van der Waals surface area contributed by atoms with Crippen LogP contribution < -0.4 is 43.8 Å². The Labute approximate surface area is 380 Å². The van der Waals surface area contributed by atoms with Gasteiger partial charge in [0.25, 0.3) is 0 Å². The maximum Gasteiger partial charge on any atom is 0.243 e. The van der Waals surface area contributed by atoms with Crippen molar-refractivity contribution in [3.8, 4) is 0 Å². The van der Waals surface area contributed by atoms with Gasteiger partial charge in [0.15, 0.2) is 11.7 Å². The number of Topliss-reactive ketones (excluding diaryl/α,β-unsaturated/α-hetero) is 5. The molecule has 0 aliphatic carbocycles. The molecule has 13 N–H and O–H groups in total. The van der Waals surface area contributed by atoms with Crippen LogP contribution in [0.25, 0.3) is 0 Å². The molecule has 1 aliphatic rings. The monoisotopic (exact) mass is 918 g/mol. The van der Waals surface area contributed by atoms with E-state index in [1.807, 2.05) is 0 Å². The number of amides is 5. The number of hydrogen-bond donors (Lipinski definition) is 10. The molecule has 2 rings (SSSR count). The fourth-order valence-electron chi connectivity index (χ4n) is 7.17. The molecule has 1 saturated heterocycles. The number of carbonyl (C=O) groups is 10. The lowest BCUT2D eigenvalue weighted by Gasteiger charge is -2.26. The molecule has 5 amide bonds. The third-order valence-electron chi connectivity index (χ3n) is 11.0. The van der Waals surface area contributed by atoms with E-state index >= 15 is 0 Å². The molecule has 65 heavy (non-hydrogen) atoms. The summed E-state index contributed by atoms with van der Waals surface area (Å²) in [6, 6.07) is 4.75. The zero-order valence-corrected chi connectivity index (χ0v) is 37.5. The van der Waals surface area contributed by atoms with Gasteiger partial charge in [0, 0.05) is 71.3 Å². The number of benzene rings is 1. The number of nitrogens with zero attached hydrogens (tertiary/aromatic N) is 1. The SMILES string of the molecule is CC(=O)[C@@H](CC(=O)[C@@H]1CC(=O)NCCCC[C@H](NC(=O)CCC(=O)CN)C(=O)N[C@@H](CCCN=C(N)N)C(=O)N[C@@H](Cc2ccccc2)C(=O)NCC(=O)C[C@@H]([C@@H](C)O)C(=O)C1)[C@@H](C)O.[3HH]. The first-order valence-electron chi connectivity index (χ1n) is 21.9. The van der Waals surface area contributed by atoms with Crippen molar-refractivity contribution in [1.29, 1.82) is 0 Å². The molecule has 1 fully saturated rings. The number of nitrogens with one attached hydrogen (secondary N) is 5. The van der Waals surface area contributed by atoms with Crippen molar-refractivity contribution >= 4 is 64.4 Å². The highest BCUT2D eigenvalue weighted by Gasteiger charge is 2.35. The minimum absolute atomic E-state index is 0. The average Bonchev–Trinajstić information content (AvgIpc) is 3.24. The summed E-state index contributed by atoms with van der Waals surface area (Å²) in [5, 5.41) is 33.9. The predicted molar refractivity (Wildman–Crippen MR) is 239 cm³/mol. The third-order valence-corrected chi connectivity index (χ3v) is 11.0. The van der Waals surface area contributed by atoms with Crippen LogP contribution in [0.1, 0.15) is 98.4 Å².